The Morgan fingerprint density at radius 2 is 1.91 bits per heavy atom. The zero-order chi connectivity index (χ0) is 22.6. The molecule has 1 saturated heterocycles. The van der Waals surface area contributed by atoms with Gasteiger partial charge in [0.05, 0.1) is 29.1 Å². The molecule has 2 aromatic carbocycles. The van der Waals surface area contributed by atoms with Crippen molar-refractivity contribution in [1.82, 2.24) is 14.7 Å². The molecule has 4 rings (SSSR count). The maximum Gasteiger partial charge on any atom is 0.255 e. The highest BCUT2D eigenvalue weighted by Crippen LogP contribution is 2.21. The van der Waals surface area contributed by atoms with Gasteiger partial charge in [-0.1, -0.05) is 18.2 Å². The smallest absolute Gasteiger partial charge is 0.255 e. The van der Waals surface area contributed by atoms with E-state index < -0.39 is 15.9 Å². The molecule has 1 aliphatic heterocycles. The van der Waals surface area contributed by atoms with Crippen molar-refractivity contribution in [2.45, 2.75) is 23.8 Å². The van der Waals surface area contributed by atoms with Crippen LogP contribution in [0, 0.1) is 0 Å². The Morgan fingerprint density at radius 1 is 1.12 bits per heavy atom. The van der Waals surface area contributed by atoms with Crippen molar-refractivity contribution in [2.24, 2.45) is 0 Å². The number of aromatic nitrogens is 2. The Labute approximate surface area is 185 Å². The first-order valence-corrected chi connectivity index (χ1v) is 11.5. The maximum atomic E-state index is 12.6. The van der Waals surface area contributed by atoms with E-state index in [1.807, 2.05) is 0 Å². The van der Waals surface area contributed by atoms with Crippen LogP contribution < -0.4 is 10.0 Å². The first-order chi connectivity index (χ1) is 15.4. The van der Waals surface area contributed by atoms with Crippen molar-refractivity contribution < 1.29 is 23.1 Å². The number of amides is 1. The molecule has 1 unspecified atom stereocenters. The average molecular weight is 455 g/mol. The fourth-order valence-corrected chi connectivity index (χ4v) is 4.40. The van der Waals surface area contributed by atoms with Gasteiger partial charge in [-0.25, -0.2) is 23.1 Å². The molecule has 3 aromatic rings. The Kier molecular flexibility index (Phi) is 6.45. The summed E-state index contributed by atoms with van der Waals surface area (Å²) in [6.45, 7) is 0.836. The molecule has 1 fully saturated rings. The molecular formula is C22H22N4O5S. The van der Waals surface area contributed by atoms with Crippen LogP contribution in [0.3, 0.4) is 0 Å². The topological polar surface area (TPSA) is 131 Å². The largest absolute Gasteiger partial charge is 0.508 e. The van der Waals surface area contributed by atoms with Gasteiger partial charge in [-0.15, -0.1) is 0 Å². The number of sulfonamides is 1. The van der Waals surface area contributed by atoms with Crippen LogP contribution in [0.15, 0.2) is 65.8 Å². The predicted octanol–water partition coefficient (Wildman–Crippen LogP) is 2.56. The molecule has 1 aliphatic rings. The van der Waals surface area contributed by atoms with E-state index in [0.29, 0.717) is 23.7 Å². The molecule has 0 saturated carbocycles. The third kappa shape index (κ3) is 5.28. The van der Waals surface area contributed by atoms with Gasteiger partial charge in [0.25, 0.3) is 5.91 Å². The molecule has 2 heterocycles. The van der Waals surface area contributed by atoms with Gasteiger partial charge < -0.3 is 15.2 Å². The fourth-order valence-electron chi connectivity index (χ4n) is 3.29. The summed E-state index contributed by atoms with van der Waals surface area (Å²) in [5.74, 6) is 0.00256. The summed E-state index contributed by atoms with van der Waals surface area (Å²) in [6.07, 6.45) is 4.49. The number of rotatable bonds is 7. The predicted molar refractivity (Wildman–Crippen MR) is 118 cm³/mol. The zero-order valence-electron chi connectivity index (χ0n) is 17.1. The Balaban J connectivity index is 1.43. The van der Waals surface area contributed by atoms with Crippen molar-refractivity contribution in [2.75, 3.05) is 18.5 Å². The quantitative estimate of drug-likeness (QED) is 0.500. The molecule has 3 N–H and O–H groups in total. The van der Waals surface area contributed by atoms with Gasteiger partial charge in [0, 0.05) is 24.3 Å². The second-order valence-corrected chi connectivity index (χ2v) is 9.08. The third-order valence-corrected chi connectivity index (χ3v) is 6.37. The summed E-state index contributed by atoms with van der Waals surface area (Å²) < 4.78 is 33.1. The number of aromatic hydroxyl groups is 1. The van der Waals surface area contributed by atoms with Crippen molar-refractivity contribution in [3.8, 4) is 17.1 Å². The highest BCUT2D eigenvalue weighted by molar-refractivity contribution is 7.89. The Hall–Kier alpha value is -3.34. The van der Waals surface area contributed by atoms with Crippen LogP contribution in [0.4, 0.5) is 5.69 Å². The molecular weight excluding hydrogens is 432 g/mol. The summed E-state index contributed by atoms with van der Waals surface area (Å²) in [5, 5.41) is 12.2. The molecule has 0 bridgehead atoms. The first-order valence-electron chi connectivity index (χ1n) is 10.0. The Morgan fingerprint density at radius 3 is 2.62 bits per heavy atom. The van der Waals surface area contributed by atoms with Crippen molar-refractivity contribution in [3.05, 3.63) is 66.5 Å². The average Bonchev–Trinajstić information content (AvgIpc) is 3.32. The number of phenolic OH excluding ortho intramolecular Hbond substituents is 1. The minimum Gasteiger partial charge on any atom is -0.508 e. The van der Waals surface area contributed by atoms with Gasteiger partial charge in [0.15, 0.2) is 5.82 Å². The molecule has 1 atom stereocenters. The van der Waals surface area contributed by atoms with Crippen LogP contribution >= 0.6 is 0 Å². The standard InChI is InChI=1S/C22H22N4O5S/c27-18-6-1-4-15(10-18)21-23-12-17(13-24-21)26-22(28)16-5-2-8-20(11-16)32(29,30)25-14-19-7-3-9-31-19/h1-2,4-6,8,10-13,19,25,27H,3,7,9,14H2,(H,26,28). The van der Waals surface area contributed by atoms with E-state index in [9.17, 15) is 18.3 Å². The number of anilines is 1. The molecule has 9 nitrogen and oxygen atoms in total. The van der Waals surface area contributed by atoms with E-state index in [1.54, 1.807) is 18.2 Å². The van der Waals surface area contributed by atoms with Crippen molar-refractivity contribution in [1.29, 1.82) is 0 Å². The number of hydrogen-bond acceptors (Lipinski definition) is 7. The van der Waals surface area contributed by atoms with Crippen molar-refractivity contribution >= 4 is 21.6 Å². The van der Waals surface area contributed by atoms with E-state index in [1.165, 1.54) is 42.7 Å². The number of carbonyl (C=O) groups excluding carboxylic acids is 1. The lowest BCUT2D eigenvalue weighted by molar-refractivity contribution is 0.102. The number of nitrogens with zero attached hydrogens (tertiary/aromatic N) is 2. The fraction of sp³-hybridized carbons (Fsp3) is 0.227. The van der Waals surface area contributed by atoms with Crippen LogP contribution in [-0.2, 0) is 14.8 Å². The second kappa shape index (κ2) is 9.43. The van der Waals surface area contributed by atoms with Gasteiger partial charge in [-0.05, 0) is 43.2 Å². The summed E-state index contributed by atoms with van der Waals surface area (Å²) in [4.78, 5) is 21.0. The number of hydrogen-bond donors (Lipinski definition) is 3. The molecule has 10 heteroatoms. The minimum atomic E-state index is -3.77. The van der Waals surface area contributed by atoms with E-state index in [2.05, 4.69) is 20.0 Å². The number of carbonyl (C=O) groups is 1. The van der Waals surface area contributed by atoms with Gasteiger partial charge >= 0.3 is 0 Å². The van der Waals surface area contributed by atoms with Gasteiger partial charge in [-0.3, -0.25) is 4.79 Å². The van der Waals surface area contributed by atoms with E-state index in [4.69, 9.17) is 4.74 Å². The number of ether oxygens (including phenoxy) is 1. The van der Waals surface area contributed by atoms with Gasteiger partial charge in [0.1, 0.15) is 5.75 Å². The van der Waals surface area contributed by atoms with Crippen LogP contribution in [0.2, 0.25) is 0 Å². The summed E-state index contributed by atoms with van der Waals surface area (Å²) >= 11 is 0. The third-order valence-electron chi connectivity index (χ3n) is 4.95. The SMILES string of the molecule is O=C(Nc1cnc(-c2cccc(O)c2)nc1)c1cccc(S(=O)(=O)NCC2CCCO2)c1. The molecule has 166 valence electrons. The van der Waals surface area contributed by atoms with Gasteiger partial charge in [-0.2, -0.15) is 0 Å². The molecule has 32 heavy (non-hydrogen) atoms. The van der Waals surface area contributed by atoms with E-state index >= 15 is 0 Å². The molecule has 1 amide bonds. The number of nitrogens with one attached hydrogen (secondary N) is 2. The summed E-state index contributed by atoms with van der Waals surface area (Å²) in [6, 6.07) is 12.3. The summed E-state index contributed by atoms with van der Waals surface area (Å²) in [7, 11) is -3.77. The molecule has 0 aliphatic carbocycles. The van der Waals surface area contributed by atoms with Crippen LogP contribution in [0.25, 0.3) is 11.4 Å². The normalized spacial score (nSPS) is 16.1. The zero-order valence-corrected chi connectivity index (χ0v) is 17.9. The van der Waals surface area contributed by atoms with E-state index in [-0.39, 0.29) is 28.9 Å². The van der Waals surface area contributed by atoms with E-state index in [0.717, 1.165) is 12.8 Å². The monoisotopic (exact) mass is 454 g/mol. The van der Waals surface area contributed by atoms with Crippen LogP contribution in [0.5, 0.6) is 5.75 Å². The lowest BCUT2D eigenvalue weighted by Crippen LogP contribution is -2.32. The van der Waals surface area contributed by atoms with Gasteiger partial charge in [0.2, 0.25) is 10.0 Å². The maximum absolute atomic E-state index is 12.6. The first kappa shape index (κ1) is 21.9. The highest BCUT2D eigenvalue weighted by Gasteiger charge is 2.21. The summed E-state index contributed by atoms with van der Waals surface area (Å²) in [5.41, 5.74) is 1.17. The lowest BCUT2D eigenvalue weighted by Gasteiger charge is -2.12. The number of phenols is 1. The van der Waals surface area contributed by atoms with Crippen LogP contribution in [0.1, 0.15) is 23.2 Å². The molecule has 0 radical (unpaired) electrons. The lowest BCUT2D eigenvalue weighted by atomic mass is 10.2. The van der Waals surface area contributed by atoms with Crippen LogP contribution in [-0.4, -0.2) is 48.7 Å². The highest BCUT2D eigenvalue weighted by atomic mass is 32.2. The van der Waals surface area contributed by atoms with Crippen molar-refractivity contribution in [3.63, 3.8) is 0 Å². The Bertz CT molecular complexity index is 1210. The molecule has 0 spiro atoms. The minimum absolute atomic E-state index is 0.00127. The number of benzene rings is 2. The second-order valence-electron chi connectivity index (χ2n) is 7.31. The molecule has 1 aromatic heterocycles.